The zero-order valence-electron chi connectivity index (χ0n) is 40.3. The maximum Gasteiger partial charge on any atom is 0.411 e. The van der Waals surface area contributed by atoms with Crippen LogP contribution in [-0.2, 0) is 51.2 Å². The Morgan fingerprint density at radius 1 is 0.611 bits per heavy atom. The molecule has 368 valence electrons. The van der Waals surface area contributed by atoms with E-state index in [4.69, 9.17) is 17.8 Å². The zero-order valence-corrected chi connectivity index (χ0v) is 41.9. The van der Waals surface area contributed by atoms with Gasteiger partial charge in [-0.2, -0.15) is 16.8 Å². The van der Waals surface area contributed by atoms with Crippen LogP contribution in [0.5, 0.6) is 17.2 Å². The van der Waals surface area contributed by atoms with Crippen molar-refractivity contribution in [3.63, 3.8) is 0 Å². The van der Waals surface area contributed by atoms with Crippen molar-refractivity contribution in [3.05, 3.63) is 207 Å². The minimum atomic E-state index is -4.60. The average Bonchev–Trinajstić information content (AvgIpc) is 3.93. The van der Waals surface area contributed by atoms with E-state index in [-0.39, 0.29) is 64.2 Å². The number of aryl methyl sites for hydroxylation is 2. The summed E-state index contributed by atoms with van der Waals surface area (Å²) in [4.78, 5) is 34.3. The van der Waals surface area contributed by atoms with Crippen molar-refractivity contribution in [1.29, 1.82) is 0 Å². The van der Waals surface area contributed by atoms with E-state index in [1.54, 1.807) is 41.0 Å². The van der Waals surface area contributed by atoms with E-state index in [9.17, 15) is 21.6 Å². The zero-order chi connectivity index (χ0) is 50.3. The van der Waals surface area contributed by atoms with Crippen LogP contribution >= 0.6 is 0 Å². The predicted octanol–water partition coefficient (Wildman–Crippen LogP) is 10.3. The maximum absolute atomic E-state index is 15.2. The number of carbonyl (C=O) groups excluding carboxylic acids is 2. The molecule has 1 atom stereocenters. The fraction of sp³-hybridized carbons (Fsp3) is 0.228. The van der Waals surface area contributed by atoms with Crippen LogP contribution in [0.4, 0.5) is 4.79 Å². The Morgan fingerprint density at radius 2 is 1.18 bits per heavy atom. The molecule has 0 N–H and O–H groups in total. The Labute approximate surface area is 420 Å². The highest BCUT2D eigenvalue weighted by molar-refractivity contribution is 7.87. The molecule has 72 heavy (non-hydrogen) atoms. The molecule has 2 heterocycles. The summed E-state index contributed by atoms with van der Waals surface area (Å²) >= 11 is 0. The molecule has 1 fully saturated rings. The van der Waals surface area contributed by atoms with Gasteiger partial charge in [0.25, 0.3) is 5.91 Å². The molecule has 0 radical (unpaired) electrons. The Hall–Kier alpha value is -7.46. The Kier molecular flexibility index (Phi) is 13.1. The fourth-order valence-corrected chi connectivity index (χ4v) is 11.6. The van der Waals surface area contributed by atoms with Crippen molar-refractivity contribution in [2.24, 2.45) is 0 Å². The van der Waals surface area contributed by atoms with E-state index in [0.29, 0.717) is 26.2 Å². The SMILES string of the molecule is Cc1ccc(S(=O)(=O)Oc2cc(OS(=O)(=O)c3ccc(C)cc3)c(C(=O)N3Cc4ccc(CN5CCN(C(=O)OC6c7ccccc7-c7ccccc76)C(C)C5)cc4C3)c(OCc3ccccc3)c2C)cc1. The highest BCUT2D eigenvalue weighted by Gasteiger charge is 2.37. The number of carbonyl (C=O) groups is 2. The van der Waals surface area contributed by atoms with Crippen LogP contribution in [0.2, 0.25) is 0 Å². The highest BCUT2D eigenvalue weighted by Crippen LogP contribution is 2.46. The van der Waals surface area contributed by atoms with Crippen LogP contribution < -0.4 is 13.1 Å². The van der Waals surface area contributed by atoms with Gasteiger partial charge in [0.15, 0.2) is 17.6 Å². The summed E-state index contributed by atoms with van der Waals surface area (Å²) < 4.78 is 80.0. The molecule has 15 heteroatoms. The lowest BCUT2D eigenvalue weighted by Crippen LogP contribution is -2.53. The first-order valence-electron chi connectivity index (χ1n) is 23.8. The topological polar surface area (TPSA) is 149 Å². The molecule has 0 aromatic heterocycles. The third-order valence-electron chi connectivity index (χ3n) is 13.5. The quantitative estimate of drug-likeness (QED) is 0.102. The molecule has 0 spiro atoms. The lowest BCUT2D eigenvalue weighted by Gasteiger charge is -2.39. The lowest BCUT2D eigenvalue weighted by atomic mass is 10.1. The molecule has 2 amide bonds. The average molecular weight is 1000 g/mol. The molecule has 7 aromatic rings. The van der Waals surface area contributed by atoms with E-state index in [2.05, 4.69) is 23.1 Å². The molecule has 2 aliphatic heterocycles. The Bertz CT molecular complexity index is 3390. The van der Waals surface area contributed by atoms with Gasteiger partial charge in [-0.1, -0.05) is 132 Å². The number of piperazine rings is 1. The molecular formula is C57H53N3O10S2. The first kappa shape index (κ1) is 48.2. The monoisotopic (exact) mass is 1000 g/mol. The van der Waals surface area contributed by atoms with Gasteiger partial charge in [-0.25, -0.2) is 4.79 Å². The van der Waals surface area contributed by atoms with Crippen molar-refractivity contribution in [2.75, 3.05) is 19.6 Å². The van der Waals surface area contributed by atoms with Gasteiger partial charge in [-0.15, -0.1) is 0 Å². The van der Waals surface area contributed by atoms with Crippen molar-refractivity contribution in [2.45, 2.75) is 75.9 Å². The number of hydrogen-bond donors (Lipinski definition) is 0. The summed E-state index contributed by atoms with van der Waals surface area (Å²) in [7, 11) is -9.07. The van der Waals surface area contributed by atoms with Gasteiger partial charge in [0, 0.05) is 68.1 Å². The third-order valence-corrected chi connectivity index (χ3v) is 16.0. The molecule has 7 aromatic carbocycles. The number of benzene rings is 7. The van der Waals surface area contributed by atoms with Crippen LogP contribution in [0.1, 0.15) is 73.5 Å². The van der Waals surface area contributed by atoms with E-state index >= 15 is 4.79 Å². The van der Waals surface area contributed by atoms with Gasteiger partial charge < -0.3 is 27.6 Å². The lowest BCUT2D eigenvalue weighted by molar-refractivity contribution is 0.0358. The van der Waals surface area contributed by atoms with E-state index in [0.717, 1.165) is 61.7 Å². The summed E-state index contributed by atoms with van der Waals surface area (Å²) in [6, 6.07) is 44.5. The maximum atomic E-state index is 15.2. The number of ether oxygens (including phenoxy) is 2. The van der Waals surface area contributed by atoms with Crippen molar-refractivity contribution in [3.8, 4) is 28.4 Å². The number of hydrogen-bond acceptors (Lipinski definition) is 11. The van der Waals surface area contributed by atoms with Crippen LogP contribution in [0.25, 0.3) is 11.1 Å². The van der Waals surface area contributed by atoms with Crippen molar-refractivity contribution in [1.82, 2.24) is 14.7 Å². The minimum absolute atomic E-state index is 0.0541. The predicted molar refractivity (Wildman–Crippen MR) is 272 cm³/mol. The smallest absolute Gasteiger partial charge is 0.411 e. The molecule has 1 unspecified atom stereocenters. The van der Waals surface area contributed by atoms with Gasteiger partial charge in [0.1, 0.15) is 27.7 Å². The minimum Gasteiger partial charge on any atom is -0.487 e. The molecule has 1 aliphatic carbocycles. The van der Waals surface area contributed by atoms with Crippen LogP contribution in [-0.4, -0.2) is 69.2 Å². The second kappa shape index (κ2) is 19.6. The summed E-state index contributed by atoms with van der Waals surface area (Å²) in [5, 5.41) is 0. The van der Waals surface area contributed by atoms with Gasteiger partial charge in [-0.05, 0) is 85.3 Å². The van der Waals surface area contributed by atoms with E-state index < -0.39 is 38.0 Å². The molecule has 13 nitrogen and oxygen atoms in total. The first-order valence-corrected chi connectivity index (χ1v) is 26.6. The van der Waals surface area contributed by atoms with Gasteiger partial charge in [0.05, 0.1) is 0 Å². The summed E-state index contributed by atoms with van der Waals surface area (Å²) in [6.45, 7) is 9.91. The van der Waals surface area contributed by atoms with Crippen molar-refractivity contribution >= 4 is 32.2 Å². The molecule has 1 saturated heterocycles. The Balaban J connectivity index is 0.901. The number of fused-ring (bicyclic) bond motifs is 4. The van der Waals surface area contributed by atoms with Crippen LogP contribution in [0, 0.1) is 20.8 Å². The summed E-state index contributed by atoms with van der Waals surface area (Å²) in [5.74, 6) is -1.44. The normalized spacial score (nSPS) is 15.6. The van der Waals surface area contributed by atoms with E-state index in [1.165, 1.54) is 24.3 Å². The molecule has 0 saturated carbocycles. The number of rotatable bonds is 13. The highest BCUT2D eigenvalue weighted by atomic mass is 32.2. The van der Waals surface area contributed by atoms with Crippen LogP contribution in [0.3, 0.4) is 0 Å². The molecular weight excluding hydrogens is 951 g/mol. The standard InChI is InChI=1S/C57H53N3O10S2/c1-37-18-24-45(25-19-37)71(63,64)69-51-31-52(70-72(65,66)46-26-20-38(2)21-27-46)53(54(40(51)4)67-36-41-12-6-5-7-13-41)56(61)59-34-43-23-22-42(30-44(43)35-59)33-58-28-29-60(39(3)32-58)57(62)68-55-49-16-10-8-14-47(49)48-15-9-11-17-50(48)55/h5-27,30-31,39,55H,28-29,32-36H2,1-4H3. The first-order chi connectivity index (χ1) is 34.6. The van der Waals surface area contributed by atoms with Gasteiger partial charge in [-0.3, -0.25) is 9.69 Å². The van der Waals surface area contributed by atoms with Gasteiger partial charge >= 0.3 is 26.3 Å². The third kappa shape index (κ3) is 9.79. The fourth-order valence-electron chi connectivity index (χ4n) is 9.68. The largest absolute Gasteiger partial charge is 0.487 e. The van der Waals surface area contributed by atoms with Crippen LogP contribution in [0.15, 0.2) is 161 Å². The summed E-state index contributed by atoms with van der Waals surface area (Å²) in [5.41, 5.74) is 9.29. The van der Waals surface area contributed by atoms with E-state index in [1.807, 2.05) is 99.6 Å². The molecule has 3 aliphatic rings. The second-order valence-electron chi connectivity index (χ2n) is 18.7. The Morgan fingerprint density at radius 3 is 1.79 bits per heavy atom. The number of nitrogens with zero attached hydrogens (tertiary/aromatic N) is 3. The van der Waals surface area contributed by atoms with Gasteiger partial charge in [0.2, 0.25) is 0 Å². The number of amides is 2. The molecule has 10 rings (SSSR count). The second-order valence-corrected chi connectivity index (χ2v) is 21.8. The summed E-state index contributed by atoms with van der Waals surface area (Å²) in [6.07, 6.45) is -0.821. The van der Waals surface area contributed by atoms with Crippen molar-refractivity contribution < 1.29 is 44.3 Å². The molecule has 0 bridgehead atoms.